The molecule has 8 nitrogen and oxygen atoms in total. The lowest BCUT2D eigenvalue weighted by atomic mass is 10.2. The van der Waals surface area contributed by atoms with Crippen molar-refractivity contribution in [1.82, 2.24) is 24.4 Å². The molecule has 0 radical (unpaired) electrons. The molecule has 0 atom stereocenters. The monoisotopic (exact) mass is 386 g/mol. The summed E-state index contributed by atoms with van der Waals surface area (Å²) in [4.78, 5) is -0.449. The number of benzene rings is 1. The first kappa shape index (κ1) is 17.2. The summed E-state index contributed by atoms with van der Waals surface area (Å²) < 4.78 is 44.5. The number of anilines is 1. The van der Waals surface area contributed by atoms with Gasteiger partial charge in [-0.15, -0.1) is 10.2 Å². The van der Waals surface area contributed by atoms with Crippen molar-refractivity contribution in [2.24, 2.45) is 0 Å². The SMILES string of the molecule is Cc1cc(Cn2cccn2)cc2nnc(NS(=O)(=O)c3ccccc3F)n12. The fourth-order valence-corrected chi connectivity index (χ4v) is 3.92. The van der Waals surface area contributed by atoms with E-state index in [9.17, 15) is 12.8 Å². The average Bonchev–Trinajstić information content (AvgIpc) is 3.25. The van der Waals surface area contributed by atoms with Crippen LogP contribution in [0.15, 0.2) is 59.8 Å². The Kier molecular flexibility index (Phi) is 4.11. The van der Waals surface area contributed by atoms with E-state index in [2.05, 4.69) is 20.0 Å². The third-order valence-electron chi connectivity index (χ3n) is 4.01. The average molecular weight is 386 g/mol. The Morgan fingerprint density at radius 3 is 2.70 bits per heavy atom. The van der Waals surface area contributed by atoms with Crippen LogP contribution in [0.25, 0.3) is 5.65 Å². The standard InChI is InChI=1S/C17H15FN6O2S/c1-12-9-13(11-23-8-4-7-19-23)10-16-20-21-17(24(12)16)22-27(25,26)15-6-3-2-5-14(15)18/h2-10H,11H2,1H3,(H,21,22). The zero-order chi connectivity index (χ0) is 19.0. The molecule has 0 amide bonds. The first-order chi connectivity index (χ1) is 12.9. The van der Waals surface area contributed by atoms with Gasteiger partial charge in [0.1, 0.15) is 10.7 Å². The molecule has 1 aromatic carbocycles. The van der Waals surface area contributed by atoms with Gasteiger partial charge in [-0.1, -0.05) is 12.1 Å². The molecule has 3 aromatic heterocycles. The molecule has 3 heterocycles. The molecule has 0 bridgehead atoms. The Labute approximate surface area is 154 Å². The molecule has 0 saturated carbocycles. The van der Waals surface area contributed by atoms with Gasteiger partial charge in [0, 0.05) is 18.1 Å². The van der Waals surface area contributed by atoms with Crippen molar-refractivity contribution in [3.63, 3.8) is 0 Å². The molecule has 4 aromatic rings. The molecule has 0 aliphatic heterocycles. The van der Waals surface area contributed by atoms with Gasteiger partial charge in [0.05, 0.1) is 6.54 Å². The van der Waals surface area contributed by atoms with Crippen LogP contribution in [-0.4, -0.2) is 32.8 Å². The molecule has 4 rings (SSSR count). The van der Waals surface area contributed by atoms with E-state index in [0.29, 0.717) is 12.2 Å². The molecule has 1 N–H and O–H groups in total. The summed E-state index contributed by atoms with van der Waals surface area (Å²) in [5.41, 5.74) is 2.15. The van der Waals surface area contributed by atoms with E-state index in [1.54, 1.807) is 21.3 Å². The highest BCUT2D eigenvalue weighted by Gasteiger charge is 2.21. The van der Waals surface area contributed by atoms with Gasteiger partial charge in [0.25, 0.3) is 10.0 Å². The second kappa shape index (κ2) is 6.47. The molecule has 0 spiro atoms. The van der Waals surface area contributed by atoms with Crippen molar-refractivity contribution in [3.8, 4) is 0 Å². The number of halogens is 1. The highest BCUT2D eigenvalue weighted by atomic mass is 32.2. The lowest BCUT2D eigenvalue weighted by Crippen LogP contribution is -2.17. The Hall–Kier alpha value is -3.27. The third-order valence-corrected chi connectivity index (χ3v) is 5.37. The minimum absolute atomic E-state index is 0.00334. The number of nitrogens with one attached hydrogen (secondary N) is 1. The lowest BCUT2D eigenvalue weighted by Gasteiger charge is -2.10. The highest BCUT2D eigenvalue weighted by molar-refractivity contribution is 7.92. The first-order valence-corrected chi connectivity index (χ1v) is 9.52. The largest absolute Gasteiger partial charge is 0.268 e. The van der Waals surface area contributed by atoms with Gasteiger partial charge in [0.2, 0.25) is 5.95 Å². The van der Waals surface area contributed by atoms with E-state index in [4.69, 9.17) is 0 Å². The predicted octanol–water partition coefficient (Wildman–Crippen LogP) is 2.22. The maximum absolute atomic E-state index is 13.9. The Morgan fingerprint density at radius 2 is 1.96 bits per heavy atom. The number of rotatable bonds is 5. The van der Waals surface area contributed by atoms with Crippen molar-refractivity contribution >= 4 is 21.6 Å². The van der Waals surface area contributed by atoms with Crippen LogP contribution in [0.5, 0.6) is 0 Å². The molecule has 138 valence electrons. The summed E-state index contributed by atoms with van der Waals surface area (Å²) in [5.74, 6) is -0.839. The van der Waals surface area contributed by atoms with E-state index in [1.165, 1.54) is 18.2 Å². The molecular weight excluding hydrogens is 371 g/mol. The number of aryl methyl sites for hydroxylation is 1. The summed E-state index contributed by atoms with van der Waals surface area (Å²) >= 11 is 0. The van der Waals surface area contributed by atoms with Crippen LogP contribution < -0.4 is 4.72 Å². The van der Waals surface area contributed by atoms with Gasteiger partial charge >= 0.3 is 0 Å². The van der Waals surface area contributed by atoms with Crippen LogP contribution >= 0.6 is 0 Å². The summed E-state index contributed by atoms with van der Waals surface area (Å²) in [5, 5.41) is 12.1. The van der Waals surface area contributed by atoms with Gasteiger partial charge in [-0.05, 0) is 42.8 Å². The first-order valence-electron chi connectivity index (χ1n) is 8.03. The van der Waals surface area contributed by atoms with Crippen LogP contribution in [0.3, 0.4) is 0 Å². The number of aromatic nitrogens is 5. The van der Waals surface area contributed by atoms with Crippen LogP contribution in [0.1, 0.15) is 11.3 Å². The summed E-state index contributed by atoms with van der Waals surface area (Å²) in [6, 6.07) is 10.7. The Morgan fingerprint density at radius 1 is 1.15 bits per heavy atom. The third kappa shape index (κ3) is 3.26. The quantitative estimate of drug-likeness (QED) is 0.568. The predicted molar refractivity (Wildman–Crippen MR) is 96.3 cm³/mol. The smallest absolute Gasteiger partial charge is 0.267 e. The van der Waals surface area contributed by atoms with Crippen molar-refractivity contribution in [3.05, 3.63) is 71.9 Å². The molecule has 10 heteroatoms. The molecule has 0 saturated heterocycles. The van der Waals surface area contributed by atoms with E-state index >= 15 is 0 Å². The van der Waals surface area contributed by atoms with E-state index in [-0.39, 0.29) is 5.95 Å². The molecule has 0 unspecified atom stereocenters. The normalized spacial score (nSPS) is 11.8. The van der Waals surface area contributed by atoms with Crippen LogP contribution in [0.2, 0.25) is 0 Å². The molecular formula is C17H15FN6O2S. The molecule has 0 aliphatic carbocycles. The maximum atomic E-state index is 13.9. The van der Waals surface area contributed by atoms with Crippen LogP contribution in [0, 0.1) is 12.7 Å². The fourth-order valence-electron chi connectivity index (χ4n) is 2.85. The highest BCUT2D eigenvalue weighted by Crippen LogP contribution is 2.20. The van der Waals surface area contributed by atoms with Crippen molar-refractivity contribution < 1.29 is 12.8 Å². The second-order valence-corrected chi connectivity index (χ2v) is 7.61. The lowest BCUT2D eigenvalue weighted by molar-refractivity contribution is 0.570. The molecule has 0 aliphatic rings. The number of nitrogens with zero attached hydrogens (tertiary/aromatic N) is 5. The zero-order valence-electron chi connectivity index (χ0n) is 14.2. The minimum Gasteiger partial charge on any atom is -0.268 e. The Bertz CT molecular complexity index is 1220. The van der Waals surface area contributed by atoms with Crippen LogP contribution in [0.4, 0.5) is 10.3 Å². The summed E-state index contributed by atoms with van der Waals surface area (Å²) in [6.45, 7) is 2.36. The van der Waals surface area contributed by atoms with Gasteiger partial charge in [-0.25, -0.2) is 17.5 Å². The number of fused-ring (bicyclic) bond motifs is 1. The topological polar surface area (TPSA) is 94.2 Å². The molecule has 0 fully saturated rings. The second-order valence-electron chi connectivity index (χ2n) is 5.96. The van der Waals surface area contributed by atoms with E-state index in [1.807, 2.05) is 25.3 Å². The number of hydrogen-bond acceptors (Lipinski definition) is 5. The van der Waals surface area contributed by atoms with E-state index in [0.717, 1.165) is 17.3 Å². The zero-order valence-corrected chi connectivity index (χ0v) is 15.1. The van der Waals surface area contributed by atoms with E-state index < -0.39 is 20.7 Å². The number of hydrogen-bond donors (Lipinski definition) is 1. The number of sulfonamides is 1. The van der Waals surface area contributed by atoms with Crippen molar-refractivity contribution in [1.29, 1.82) is 0 Å². The fraction of sp³-hybridized carbons (Fsp3) is 0.118. The van der Waals surface area contributed by atoms with Gasteiger partial charge in [0.15, 0.2) is 5.65 Å². The summed E-state index contributed by atoms with van der Waals surface area (Å²) in [7, 11) is -4.14. The van der Waals surface area contributed by atoms with Crippen LogP contribution in [-0.2, 0) is 16.6 Å². The van der Waals surface area contributed by atoms with Crippen molar-refractivity contribution in [2.45, 2.75) is 18.4 Å². The van der Waals surface area contributed by atoms with Gasteiger partial charge in [-0.3, -0.25) is 9.08 Å². The van der Waals surface area contributed by atoms with Crippen molar-refractivity contribution in [2.75, 3.05) is 4.72 Å². The summed E-state index contributed by atoms with van der Waals surface area (Å²) in [6.07, 6.45) is 3.54. The molecule has 27 heavy (non-hydrogen) atoms. The van der Waals surface area contributed by atoms with Gasteiger partial charge in [-0.2, -0.15) is 5.10 Å². The Balaban J connectivity index is 1.70. The van der Waals surface area contributed by atoms with Gasteiger partial charge < -0.3 is 0 Å². The minimum atomic E-state index is -4.14. The maximum Gasteiger partial charge on any atom is 0.267 e. The number of pyridine rings is 1.